The average molecular weight is 445 g/mol. The molecular weight excluding hydrogens is 412 g/mol. The van der Waals surface area contributed by atoms with Crippen molar-refractivity contribution in [1.29, 1.82) is 0 Å². The van der Waals surface area contributed by atoms with E-state index in [4.69, 9.17) is 9.47 Å². The third kappa shape index (κ3) is 6.59. The van der Waals surface area contributed by atoms with Gasteiger partial charge in [0.05, 0.1) is 6.61 Å². The smallest absolute Gasteiger partial charge is 0.227 e. The van der Waals surface area contributed by atoms with E-state index in [0.29, 0.717) is 19.8 Å². The third-order valence-electron chi connectivity index (χ3n) is 5.78. The van der Waals surface area contributed by atoms with Gasteiger partial charge in [-0.3, -0.25) is 4.79 Å². The van der Waals surface area contributed by atoms with Crippen molar-refractivity contribution in [1.82, 2.24) is 5.32 Å². The van der Waals surface area contributed by atoms with Gasteiger partial charge in [0.1, 0.15) is 6.61 Å². The number of rotatable bonds is 11. The Morgan fingerprint density at radius 2 is 1.70 bits per heavy atom. The van der Waals surface area contributed by atoms with Crippen LogP contribution in [0.3, 0.4) is 0 Å². The van der Waals surface area contributed by atoms with Crippen LogP contribution in [0.25, 0.3) is 0 Å². The molecule has 5 nitrogen and oxygen atoms in total. The van der Waals surface area contributed by atoms with Crippen LogP contribution in [-0.4, -0.2) is 12.5 Å². The van der Waals surface area contributed by atoms with Gasteiger partial charge in [-0.2, -0.15) is 0 Å². The van der Waals surface area contributed by atoms with E-state index in [1.165, 1.54) is 5.56 Å². The van der Waals surface area contributed by atoms with E-state index in [0.717, 1.165) is 41.2 Å². The summed E-state index contributed by atoms with van der Waals surface area (Å²) >= 11 is 0. The maximum Gasteiger partial charge on any atom is 0.227 e. The Bertz CT molecular complexity index is 1050. The molecule has 1 unspecified atom stereocenters. The van der Waals surface area contributed by atoms with Crippen molar-refractivity contribution in [2.45, 2.75) is 45.9 Å². The highest BCUT2D eigenvalue weighted by molar-refractivity contribution is 5.94. The fourth-order valence-corrected chi connectivity index (χ4v) is 3.62. The maximum absolute atomic E-state index is 11.9. The average Bonchev–Trinajstić information content (AvgIpc) is 3.69. The molecule has 0 spiro atoms. The lowest BCUT2D eigenvalue weighted by atomic mass is 10.1. The van der Waals surface area contributed by atoms with Crippen LogP contribution >= 0.6 is 0 Å². The fraction of sp³-hybridized carbons (Fsp3) is 0.321. The zero-order chi connectivity index (χ0) is 23.0. The van der Waals surface area contributed by atoms with Crippen molar-refractivity contribution in [2.75, 3.05) is 11.9 Å². The number of hydrogen-bond acceptors (Lipinski definition) is 4. The normalized spacial score (nSPS) is 13.9. The summed E-state index contributed by atoms with van der Waals surface area (Å²) in [6.45, 7) is 5.91. The minimum atomic E-state index is 0.134. The van der Waals surface area contributed by atoms with Gasteiger partial charge < -0.3 is 20.1 Å². The molecule has 0 saturated heterocycles. The molecule has 0 bridgehead atoms. The largest absolute Gasteiger partial charge is 0.490 e. The first kappa shape index (κ1) is 22.9. The molecule has 0 radical (unpaired) electrons. The van der Waals surface area contributed by atoms with Crippen LogP contribution in [0, 0.1) is 5.92 Å². The van der Waals surface area contributed by atoms with Crippen LogP contribution in [0.4, 0.5) is 5.69 Å². The molecule has 2 N–H and O–H groups in total. The summed E-state index contributed by atoms with van der Waals surface area (Å²) in [4.78, 5) is 11.9. The van der Waals surface area contributed by atoms with Crippen molar-refractivity contribution in [3.63, 3.8) is 0 Å². The van der Waals surface area contributed by atoms with E-state index in [2.05, 4.69) is 35.8 Å². The molecule has 3 aromatic rings. The van der Waals surface area contributed by atoms with E-state index in [1.54, 1.807) is 0 Å². The van der Waals surface area contributed by atoms with Gasteiger partial charge in [-0.05, 0) is 67.6 Å². The van der Waals surface area contributed by atoms with Crippen molar-refractivity contribution in [2.24, 2.45) is 5.92 Å². The fourth-order valence-electron chi connectivity index (χ4n) is 3.62. The molecule has 1 aliphatic rings. The molecule has 0 aliphatic heterocycles. The maximum atomic E-state index is 11.9. The van der Waals surface area contributed by atoms with Gasteiger partial charge in [0.15, 0.2) is 11.5 Å². The molecule has 4 rings (SSSR count). The topological polar surface area (TPSA) is 59.6 Å². The number of hydrogen-bond donors (Lipinski definition) is 2. The molecule has 5 heteroatoms. The number of benzene rings is 3. The van der Waals surface area contributed by atoms with Crippen LogP contribution in [0.15, 0.2) is 72.8 Å². The second kappa shape index (κ2) is 11.0. The van der Waals surface area contributed by atoms with E-state index >= 15 is 0 Å². The summed E-state index contributed by atoms with van der Waals surface area (Å²) in [7, 11) is 0. The lowest BCUT2D eigenvalue weighted by molar-refractivity contribution is -0.117. The van der Waals surface area contributed by atoms with Gasteiger partial charge in [-0.1, -0.05) is 48.5 Å². The second-order valence-corrected chi connectivity index (χ2v) is 8.48. The Hall–Kier alpha value is -3.31. The Labute approximate surface area is 196 Å². The van der Waals surface area contributed by atoms with Gasteiger partial charge in [0.25, 0.3) is 0 Å². The van der Waals surface area contributed by atoms with Gasteiger partial charge in [0, 0.05) is 24.2 Å². The molecule has 1 fully saturated rings. The van der Waals surface area contributed by atoms with Crippen LogP contribution in [0.2, 0.25) is 0 Å². The van der Waals surface area contributed by atoms with Crippen LogP contribution in [0.5, 0.6) is 11.5 Å². The standard InChI is InChI=1S/C28H32N2O3/c1-3-32-27-17-22(9-16-26(27)33-19-21-7-5-4-6-8-21)18-29-20(2)23-12-14-25(15-13-23)30-28(31)24-10-11-24/h4-9,12-17,20,24,29H,3,10-11,18-19H2,1-2H3,(H,30,31). The lowest BCUT2D eigenvalue weighted by Gasteiger charge is -2.17. The zero-order valence-corrected chi connectivity index (χ0v) is 19.3. The molecule has 1 amide bonds. The Morgan fingerprint density at radius 1 is 0.939 bits per heavy atom. The first-order valence-electron chi connectivity index (χ1n) is 11.7. The van der Waals surface area contributed by atoms with Crippen molar-refractivity contribution in [3.05, 3.63) is 89.5 Å². The van der Waals surface area contributed by atoms with Crippen molar-refractivity contribution < 1.29 is 14.3 Å². The number of anilines is 1. The quantitative estimate of drug-likeness (QED) is 0.389. The molecule has 0 aromatic heterocycles. The Kier molecular flexibility index (Phi) is 7.63. The first-order chi connectivity index (χ1) is 16.1. The highest BCUT2D eigenvalue weighted by Crippen LogP contribution is 2.31. The summed E-state index contributed by atoms with van der Waals surface area (Å²) in [6, 6.07) is 24.4. The van der Waals surface area contributed by atoms with Gasteiger partial charge in [0.2, 0.25) is 5.91 Å². The molecule has 1 aliphatic carbocycles. The molecule has 172 valence electrons. The number of carbonyl (C=O) groups excluding carboxylic acids is 1. The summed E-state index contributed by atoms with van der Waals surface area (Å²) in [5, 5.41) is 6.55. The van der Waals surface area contributed by atoms with E-state index in [9.17, 15) is 4.79 Å². The molecule has 33 heavy (non-hydrogen) atoms. The highest BCUT2D eigenvalue weighted by atomic mass is 16.5. The molecule has 1 saturated carbocycles. The summed E-state index contributed by atoms with van der Waals surface area (Å²) in [5.74, 6) is 1.86. The summed E-state index contributed by atoms with van der Waals surface area (Å²) in [6.07, 6.45) is 2.02. The van der Waals surface area contributed by atoms with Crippen LogP contribution in [-0.2, 0) is 17.9 Å². The van der Waals surface area contributed by atoms with Crippen molar-refractivity contribution >= 4 is 11.6 Å². The Balaban J connectivity index is 1.32. The van der Waals surface area contributed by atoms with E-state index in [-0.39, 0.29) is 17.9 Å². The first-order valence-corrected chi connectivity index (χ1v) is 11.7. The summed E-state index contributed by atoms with van der Waals surface area (Å²) in [5.41, 5.74) is 4.28. The molecule has 0 heterocycles. The Morgan fingerprint density at radius 3 is 2.39 bits per heavy atom. The summed E-state index contributed by atoms with van der Waals surface area (Å²) < 4.78 is 11.8. The predicted molar refractivity (Wildman–Crippen MR) is 131 cm³/mol. The molecular formula is C28H32N2O3. The monoisotopic (exact) mass is 444 g/mol. The lowest BCUT2D eigenvalue weighted by Crippen LogP contribution is -2.18. The minimum Gasteiger partial charge on any atom is -0.490 e. The highest BCUT2D eigenvalue weighted by Gasteiger charge is 2.29. The number of ether oxygens (including phenoxy) is 2. The van der Waals surface area contributed by atoms with Gasteiger partial charge in [-0.15, -0.1) is 0 Å². The van der Waals surface area contributed by atoms with Gasteiger partial charge >= 0.3 is 0 Å². The number of carbonyl (C=O) groups is 1. The van der Waals surface area contributed by atoms with Crippen LogP contribution < -0.4 is 20.1 Å². The van der Waals surface area contributed by atoms with Gasteiger partial charge in [-0.25, -0.2) is 0 Å². The van der Waals surface area contributed by atoms with Crippen LogP contribution in [0.1, 0.15) is 49.4 Å². The van der Waals surface area contributed by atoms with Crippen molar-refractivity contribution in [3.8, 4) is 11.5 Å². The van der Waals surface area contributed by atoms with E-state index < -0.39 is 0 Å². The minimum absolute atomic E-state index is 0.134. The third-order valence-corrected chi connectivity index (χ3v) is 5.78. The zero-order valence-electron chi connectivity index (χ0n) is 19.3. The van der Waals surface area contributed by atoms with E-state index in [1.807, 2.05) is 61.5 Å². The number of nitrogens with one attached hydrogen (secondary N) is 2. The molecule has 1 atom stereocenters. The second-order valence-electron chi connectivity index (χ2n) is 8.48. The SMILES string of the molecule is CCOc1cc(CNC(C)c2ccc(NC(=O)C3CC3)cc2)ccc1OCc1ccccc1. The number of amides is 1. The predicted octanol–water partition coefficient (Wildman–Crippen LogP) is 5.86. The molecule has 3 aromatic carbocycles.